The third kappa shape index (κ3) is 3.27. The number of anilines is 1. The summed E-state index contributed by atoms with van der Waals surface area (Å²) in [7, 11) is 0. The van der Waals surface area contributed by atoms with E-state index < -0.39 is 0 Å². The molecule has 19 heavy (non-hydrogen) atoms. The number of hydrogen-bond donors (Lipinski definition) is 1. The monoisotopic (exact) mass is 257 g/mol. The van der Waals surface area contributed by atoms with E-state index in [4.69, 9.17) is 0 Å². The fourth-order valence-electron chi connectivity index (χ4n) is 2.76. The minimum absolute atomic E-state index is 0.542. The van der Waals surface area contributed by atoms with Crippen molar-refractivity contribution in [3.05, 3.63) is 29.3 Å². The van der Waals surface area contributed by atoms with Gasteiger partial charge in [0.25, 0.3) is 0 Å². The molecule has 1 atom stereocenters. The first-order valence-electron chi connectivity index (χ1n) is 7.26. The largest absolute Gasteiger partial charge is 0.368 e. The van der Waals surface area contributed by atoms with Gasteiger partial charge in [0.15, 0.2) is 0 Å². The summed E-state index contributed by atoms with van der Waals surface area (Å²) in [5.74, 6) is 0. The van der Waals surface area contributed by atoms with Crippen LogP contribution in [0.5, 0.6) is 0 Å². The molecule has 1 fully saturated rings. The molecular formula is C16H23N3. The summed E-state index contributed by atoms with van der Waals surface area (Å²) < 4.78 is 0. The highest BCUT2D eigenvalue weighted by Crippen LogP contribution is 2.28. The predicted molar refractivity (Wildman–Crippen MR) is 79.2 cm³/mol. The normalized spacial score (nSPS) is 19.2. The highest BCUT2D eigenvalue weighted by Gasteiger charge is 2.20. The Morgan fingerprint density at radius 1 is 1.42 bits per heavy atom. The van der Waals surface area contributed by atoms with E-state index in [2.05, 4.69) is 42.3 Å². The molecule has 0 radical (unpaired) electrons. The van der Waals surface area contributed by atoms with Crippen LogP contribution in [-0.4, -0.2) is 19.1 Å². The lowest BCUT2D eigenvalue weighted by Crippen LogP contribution is -2.37. The highest BCUT2D eigenvalue weighted by atomic mass is 15.2. The van der Waals surface area contributed by atoms with Gasteiger partial charge in [-0.3, -0.25) is 0 Å². The number of nitrogens with one attached hydrogen (secondary N) is 1. The minimum Gasteiger partial charge on any atom is -0.368 e. The number of hydrogen-bond acceptors (Lipinski definition) is 3. The number of piperidine rings is 1. The molecule has 0 aromatic heterocycles. The molecule has 1 N–H and O–H groups in total. The summed E-state index contributed by atoms with van der Waals surface area (Å²) in [5, 5.41) is 12.7. The van der Waals surface area contributed by atoms with E-state index in [1.54, 1.807) is 0 Å². The summed E-state index contributed by atoms with van der Waals surface area (Å²) in [4.78, 5) is 2.39. The SMILES string of the molecule is CCNCc1ccc(N2CCCCC2C)c(C#N)c1. The van der Waals surface area contributed by atoms with Crippen LogP contribution in [-0.2, 0) is 6.54 Å². The summed E-state index contributed by atoms with van der Waals surface area (Å²) in [6.07, 6.45) is 3.76. The van der Waals surface area contributed by atoms with Crippen LogP contribution in [0.4, 0.5) is 5.69 Å². The second-order valence-electron chi connectivity index (χ2n) is 5.28. The van der Waals surface area contributed by atoms with Gasteiger partial charge < -0.3 is 10.2 Å². The van der Waals surface area contributed by atoms with Crippen molar-refractivity contribution in [3.8, 4) is 6.07 Å². The lowest BCUT2D eigenvalue weighted by atomic mass is 10.0. The van der Waals surface area contributed by atoms with Crippen molar-refractivity contribution in [2.24, 2.45) is 0 Å². The van der Waals surface area contributed by atoms with Gasteiger partial charge in [-0.15, -0.1) is 0 Å². The van der Waals surface area contributed by atoms with Crippen molar-refractivity contribution < 1.29 is 0 Å². The van der Waals surface area contributed by atoms with Gasteiger partial charge in [-0.2, -0.15) is 5.26 Å². The average molecular weight is 257 g/mol. The molecule has 102 valence electrons. The molecule has 1 aliphatic heterocycles. The molecule has 2 rings (SSSR count). The van der Waals surface area contributed by atoms with Crippen LogP contribution in [0.2, 0.25) is 0 Å². The topological polar surface area (TPSA) is 39.1 Å². The van der Waals surface area contributed by atoms with E-state index in [9.17, 15) is 5.26 Å². The zero-order chi connectivity index (χ0) is 13.7. The van der Waals surface area contributed by atoms with Gasteiger partial charge in [-0.05, 0) is 50.4 Å². The molecule has 3 nitrogen and oxygen atoms in total. The molecule has 3 heteroatoms. The molecular weight excluding hydrogens is 234 g/mol. The van der Waals surface area contributed by atoms with Gasteiger partial charge in [0, 0.05) is 19.1 Å². The number of nitrogens with zero attached hydrogens (tertiary/aromatic N) is 2. The van der Waals surface area contributed by atoms with Gasteiger partial charge in [-0.25, -0.2) is 0 Å². The van der Waals surface area contributed by atoms with Crippen molar-refractivity contribution in [1.29, 1.82) is 5.26 Å². The van der Waals surface area contributed by atoms with Crippen molar-refractivity contribution >= 4 is 5.69 Å². The maximum Gasteiger partial charge on any atom is 0.101 e. The van der Waals surface area contributed by atoms with Gasteiger partial charge in [0.1, 0.15) is 6.07 Å². The number of rotatable bonds is 4. The second kappa shape index (κ2) is 6.58. The Bertz CT molecular complexity index is 462. The maximum absolute atomic E-state index is 9.39. The molecule has 1 unspecified atom stereocenters. The first-order chi connectivity index (χ1) is 9.26. The fourth-order valence-corrected chi connectivity index (χ4v) is 2.76. The van der Waals surface area contributed by atoms with Gasteiger partial charge >= 0.3 is 0 Å². The first-order valence-corrected chi connectivity index (χ1v) is 7.26. The maximum atomic E-state index is 9.39. The van der Waals surface area contributed by atoms with Crippen molar-refractivity contribution in [3.63, 3.8) is 0 Å². The van der Waals surface area contributed by atoms with Crippen LogP contribution < -0.4 is 10.2 Å². The summed E-state index contributed by atoms with van der Waals surface area (Å²) in [6, 6.07) is 9.19. The van der Waals surface area contributed by atoms with Gasteiger partial charge in [0.05, 0.1) is 11.3 Å². The Morgan fingerprint density at radius 2 is 2.26 bits per heavy atom. The molecule has 0 spiro atoms. The van der Waals surface area contributed by atoms with Crippen molar-refractivity contribution in [1.82, 2.24) is 5.32 Å². The quantitative estimate of drug-likeness (QED) is 0.901. The number of benzene rings is 1. The predicted octanol–water partition coefficient (Wildman–Crippen LogP) is 3.05. The zero-order valence-corrected chi connectivity index (χ0v) is 11.9. The summed E-state index contributed by atoms with van der Waals surface area (Å²) in [6.45, 7) is 7.21. The lowest BCUT2D eigenvalue weighted by molar-refractivity contribution is 0.484. The zero-order valence-electron chi connectivity index (χ0n) is 11.9. The van der Waals surface area contributed by atoms with Crippen LogP contribution in [0.25, 0.3) is 0 Å². The van der Waals surface area contributed by atoms with Crippen LogP contribution in [0.15, 0.2) is 18.2 Å². The Kier molecular flexibility index (Phi) is 4.81. The molecule has 1 aliphatic rings. The second-order valence-corrected chi connectivity index (χ2v) is 5.28. The van der Waals surface area contributed by atoms with E-state index in [1.807, 2.05) is 6.07 Å². The highest BCUT2D eigenvalue weighted by molar-refractivity contribution is 5.61. The van der Waals surface area contributed by atoms with Crippen LogP contribution in [0.1, 0.15) is 44.2 Å². The van der Waals surface area contributed by atoms with Crippen LogP contribution >= 0.6 is 0 Å². The van der Waals surface area contributed by atoms with Gasteiger partial charge in [-0.1, -0.05) is 13.0 Å². The van der Waals surface area contributed by atoms with E-state index in [0.29, 0.717) is 6.04 Å². The fraction of sp³-hybridized carbons (Fsp3) is 0.562. The van der Waals surface area contributed by atoms with E-state index in [0.717, 1.165) is 30.9 Å². The Labute approximate surface area is 116 Å². The number of nitriles is 1. The smallest absolute Gasteiger partial charge is 0.101 e. The van der Waals surface area contributed by atoms with Crippen molar-refractivity contribution in [2.45, 2.75) is 45.7 Å². The molecule has 0 amide bonds. The molecule has 0 aliphatic carbocycles. The first kappa shape index (κ1) is 13.9. The minimum atomic E-state index is 0.542. The summed E-state index contributed by atoms with van der Waals surface area (Å²) in [5.41, 5.74) is 3.10. The average Bonchev–Trinajstić information content (AvgIpc) is 2.45. The van der Waals surface area contributed by atoms with Crippen LogP contribution in [0, 0.1) is 11.3 Å². The third-order valence-corrected chi connectivity index (χ3v) is 3.87. The molecule has 1 aromatic carbocycles. The Hall–Kier alpha value is -1.53. The lowest BCUT2D eigenvalue weighted by Gasteiger charge is -2.36. The van der Waals surface area contributed by atoms with Crippen LogP contribution in [0.3, 0.4) is 0 Å². The molecule has 1 aromatic rings. The Balaban J connectivity index is 2.23. The molecule has 0 saturated carbocycles. The van der Waals surface area contributed by atoms with Crippen molar-refractivity contribution in [2.75, 3.05) is 18.0 Å². The third-order valence-electron chi connectivity index (χ3n) is 3.87. The standard InChI is InChI=1S/C16H23N3/c1-3-18-12-14-7-8-16(15(10-14)11-17)19-9-5-4-6-13(19)2/h7-8,10,13,18H,3-6,9,12H2,1-2H3. The molecule has 1 heterocycles. The Morgan fingerprint density at radius 3 is 2.95 bits per heavy atom. The molecule has 1 saturated heterocycles. The van der Waals surface area contributed by atoms with Gasteiger partial charge in [0.2, 0.25) is 0 Å². The molecule has 0 bridgehead atoms. The van der Waals surface area contributed by atoms with E-state index in [1.165, 1.54) is 24.8 Å². The summed E-state index contributed by atoms with van der Waals surface area (Å²) >= 11 is 0. The van der Waals surface area contributed by atoms with E-state index >= 15 is 0 Å². The van der Waals surface area contributed by atoms with E-state index in [-0.39, 0.29) is 0 Å².